The molecular weight excluding hydrogens is 1130 g/mol. The molecular formula is C80H38N12. The Morgan fingerprint density at radius 2 is 0.554 bits per heavy atom. The second-order valence-corrected chi connectivity index (χ2v) is 22.6. The first-order valence-electron chi connectivity index (χ1n) is 29.3. The van der Waals surface area contributed by atoms with Crippen LogP contribution in [0.25, 0.3) is 143 Å². The average Bonchev–Trinajstić information content (AvgIpc) is 1.55. The number of nitrogens with zero attached hydrogens (tertiary/aromatic N) is 12. The fraction of sp³-hybridized carbons (Fsp3) is 0. The first-order valence-corrected chi connectivity index (χ1v) is 29.3. The van der Waals surface area contributed by atoms with E-state index < -0.39 is 0 Å². The lowest BCUT2D eigenvalue weighted by Crippen LogP contribution is -2.05. The zero-order valence-corrected chi connectivity index (χ0v) is 48.3. The van der Waals surface area contributed by atoms with Gasteiger partial charge in [0, 0.05) is 59.8 Å². The molecule has 0 aliphatic rings. The highest BCUT2D eigenvalue weighted by Crippen LogP contribution is 2.47. The molecule has 0 spiro atoms. The number of nitriles is 8. The maximum absolute atomic E-state index is 11.5. The molecule has 4 aromatic heterocycles. The van der Waals surface area contributed by atoms with Crippen LogP contribution in [0.2, 0.25) is 0 Å². The highest BCUT2D eigenvalue weighted by atomic mass is 15.0. The summed E-state index contributed by atoms with van der Waals surface area (Å²) in [6, 6.07) is 92.0. The number of hydrogen-bond donors (Lipinski definition) is 0. The number of benzene rings is 12. The maximum atomic E-state index is 11.5. The Morgan fingerprint density at radius 1 is 0.207 bits per heavy atom. The van der Waals surface area contributed by atoms with Crippen LogP contribution < -0.4 is 0 Å². The molecule has 16 aromatic rings. The average molecular weight is 1170 g/mol. The maximum Gasteiger partial charge on any atom is 0.0998 e. The molecule has 12 nitrogen and oxygen atoms in total. The molecule has 0 bridgehead atoms. The van der Waals surface area contributed by atoms with E-state index >= 15 is 0 Å². The number of aromatic nitrogens is 4. The summed E-state index contributed by atoms with van der Waals surface area (Å²) in [6.45, 7) is 0. The zero-order chi connectivity index (χ0) is 62.5. The van der Waals surface area contributed by atoms with Crippen LogP contribution in [0.4, 0.5) is 0 Å². The molecule has 0 N–H and O–H groups in total. The molecule has 16 rings (SSSR count). The largest absolute Gasteiger partial charge is 0.308 e. The van der Waals surface area contributed by atoms with Crippen LogP contribution >= 0.6 is 0 Å². The number of hydrogen-bond acceptors (Lipinski definition) is 8. The van der Waals surface area contributed by atoms with Crippen LogP contribution in [0.3, 0.4) is 0 Å². The Bertz CT molecular complexity index is 6380. The lowest BCUT2D eigenvalue weighted by molar-refractivity contribution is 1.13. The molecule has 0 aliphatic carbocycles. The summed E-state index contributed by atoms with van der Waals surface area (Å²) in [5, 5.41) is 92.0. The molecule has 0 aliphatic heterocycles. The van der Waals surface area contributed by atoms with E-state index in [0.29, 0.717) is 101 Å². The van der Waals surface area contributed by atoms with Gasteiger partial charge in [-0.1, -0.05) is 91.0 Å². The van der Waals surface area contributed by atoms with Crippen LogP contribution in [0.15, 0.2) is 231 Å². The summed E-state index contributed by atoms with van der Waals surface area (Å²) in [6.07, 6.45) is 0. The second-order valence-electron chi connectivity index (χ2n) is 22.6. The van der Waals surface area contributed by atoms with Crippen molar-refractivity contribution in [2.24, 2.45) is 0 Å². The van der Waals surface area contributed by atoms with Gasteiger partial charge in [0.25, 0.3) is 0 Å². The molecule has 4 heterocycles. The van der Waals surface area contributed by atoms with Crippen molar-refractivity contribution in [3.8, 4) is 105 Å². The van der Waals surface area contributed by atoms with E-state index in [1.54, 1.807) is 30.3 Å². The minimum absolute atomic E-state index is 0.354. The topological polar surface area (TPSA) is 210 Å². The quantitative estimate of drug-likeness (QED) is 0.149. The van der Waals surface area contributed by atoms with Gasteiger partial charge in [0.15, 0.2) is 0 Å². The Balaban J connectivity index is 0.959. The fourth-order valence-corrected chi connectivity index (χ4v) is 13.9. The van der Waals surface area contributed by atoms with E-state index in [9.17, 15) is 42.1 Å². The molecule has 12 heteroatoms. The monoisotopic (exact) mass is 1170 g/mol. The van der Waals surface area contributed by atoms with Crippen molar-refractivity contribution in [1.29, 1.82) is 42.1 Å². The molecule has 418 valence electrons. The zero-order valence-electron chi connectivity index (χ0n) is 48.3. The summed E-state index contributed by atoms with van der Waals surface area (Å²) in [7, 11) is 0. The van der Waals surface area contributed by atoms with Gasteiger partial charge in [-0.2, -0.15) is 42.1 Å². The number of rotatable bonds is 7. The van der Waals surface area contributed by atoms with E-state index in [-0.39, 0.29) is 0 Å². The van der Waals surface area contributed by atoms with Crippen LogP contribution in [0, 0.1) is 90.6 Å². The van der Waals surface area contributed by atoms with Gasteiger partial charge in [-0.05, 0) is 156 Å². The van der Waals surface area contributed by atoms with E-state index in [4.69, 9.17) is 0 Å². The van der Waals surface area contributed by atoms with Gasteiger partial charge in [-0.15, -0.1) is 0 Å². The number of para-hydroxylation sites is 3. The van der Waals surface area contributed by atoms with Crippen molar-refractivity contribution in [1.82, 2.24) is 18.3 Å². The smallest absolute Gasteiger partial charge is 0.0998 e. The predicted octanol–water partition coefficient (Wildman–Crippen LogP) is 18.0. The molecule has 0 radical (unpaired) electrons. The summed E-state index contributed by atoms with van der Waals surface area (Å²) in [5.41, 5.74) is 16.3. The van der Waals surface area contributed by atoms with Gasteiger partial charge in [-0.3, -0.25) is 0 Å². The summed E-state index contributed by atoms with van der Waals surface area (Å²) >= 11 is 0. The SMILES string of the molecule is N#Cc1cccc(-c2c(-n3c4ccccc4c4cc(C#N)ccc43)cc(C#N)cc2-n2c3ccc(C#N)cc3c3cc(-c4cc5c6ccccc6n(-c6cc(C#N)cc(-n7c8ccccc8c8ccc(C#N)cc87)c6-c6cccc(C#N)c6)c5cc4C#N)ccc32)c1. The molecule has 92 heavy (non-hydrogen) atoms. The van der Waals surface area contributed by atoms with Crippen molar-refractivity contribution in [2.45, 2.75) is 0 Å². The first-order chi connectivity index (χ1) is 45.2. The van der Waals surface area contributed by atoms with Crippen LogP contribution in [-0.4, -0.2) is 18.3 Å². The van der Waals surface area contributed by atoms with E-state index in [1.807, 2.05) is 200 Å². The highest BCUT2D eigenvalue weighted by molar-refractivity contribution is 6.16. The predicted molar refractivity (Wildman–Crippen MR) is 358 cm³/mol. The Kier molecular flexibility index (Phi) is 12.0. The van der Waals surface area contributed by atoms with Gasteiger partial charge < -0.3 is 18.3 Å². The van der Waals surface area contributed by atoms with Crippen molar-refractivity contribution in [2.75, 3.05) is 0 Å². The summed E-state index contributed by atoms with van der Waals surface area (Å²) in [5.74, 6) is 0. The third-order valence-electron chi connectivity index (χ3n) is 17.7. The molecule has 0 amide bonds. The molecule has 0 fully saturated rings. The lowest BCUT2D eigenvalue weighted by Gasteiger charge is -2.21. The van der Waals surface area contributed by atoms with Crippen molar-refractivity contribution < 1.29 is 0 Å². The normalized spacial score (nSPS) is 11.2. The van der Waals surface area contributed by atoms with E-state index in [0.717, 1.165) is 87.3 Å². The number of fused-ring (bicyclic) bond motifs is 12. The fourth-order valence-electron chi connectivity index (χ4n) is 13.9. The van der Waals surface area contributed by atoms with E-state index in [2.05, 4.69) is 66.8 Å². The summed E-state index contributed by atoms with van der Waals surface area (Å²) in [4.78, 5) is 0. The highest BCUT2D eigenvalue weighted by Gasteiger charge is 2.28. The van der Waals surface area contributed by atoms with E-state index in [1.165, 1.54) is 0 Å². The Labute approximate surface area is 524 Å². The van der Waals surface area contributed by atoms with Gasteiger partial charge in [0.2, 0.25) is 0 Å². The second kappa shape index (κ2) is 20.7. The molecule has 0 saturated heterocycles. The minimum atomic E-state index is 0.354. The van der Waals surface area contributed by atoms with Crippen molar-refractivity contribution >= 4 is 87.2 Å². The first kappa shape index (κ1) is 53.2. The van der Waals surface area contributed by atoms with Gasteiger partial charge in [0.1, 0.15) is 0 Å². The van der Waals surface area contributed by atoms with Crippen LogP contribution in [-0.2, 0) is 0 Å². The molecule has 0 atom stereocenters. The van der Waals surface area contributed by atoms with Gasteiger partial charge in [0.05, 0.1) is 160 Å². The summed E-state index contributed by atoms with van der Waals surface area (Å²) < 4.78 is 8.41. The third kappa shape index (κ3) is 7.95. The molecule has 0 unspecified atom stereocenters. The van der Waals surface area contributed by atoms with Gasteiger partial charge in [-0.25, -0.2) is 0 Å². The molecule has 12 aromatic carbocycles. The third-order valence-corrected chi connectivity index (χ3v) is 17.7. The Morgan fingerprint density at radius 3 is 1.02 bits per heavy atom. The molecule has 0 saturated carbocycles. The minimum Gasteiger partial charge on any atom is -0.308 e. The standard InChI is InChI=1S/C80H38N12/c81-39-47-9-7-11-55(27-47)79-75(89-68-17-5-2-14-59(68)63-29-49(41-83)20-24-70(63)89)32-52(44-86)33-76(79)90-71-25-21-50(42-84)30-64(71)65-36-54(22-26-72(65)90)62-38-66-60-15-3-6-18-69(60)92(74(66)37-57(62)46-88)78-35-53(45-87)34-77(80(78)56-12-8-10-48(28-56)40-82)91-67-16-4-1-13-58(67)61-23-19-51(43-85)31-73(61)91/h1-38H. The Hall–Kier alpha value is -14.2. The van der Waals surface area contributed by atoms with Crippen LogP contribution in [0.5, 0.6) is 0 Å². The lowest BCUT2D eigenvalue weighted by atomic mass is 9.95. The van der Waals surface area contributed by atoms with Crippen molar-refractivity contribution in [3.63, 3.8) is 0 Å². The van der Waals surface area contributed by atoms with Crippen molar-refractivity contribution in [3.05, 3.63) is 275 Å². The van der Waals surface area contributed by atoms with Gasteiger partial charge >= 0.3 is 0 Å². The van der Waals surface area contributed by atoms with Crippen LogP contribution in [0.1, 0.15) is 44.5 Å².